The van der Waals surface area contributed by atoms with E-state index in [0.717, 1.165) is 31.8 Å². The lowest BCUT2D eigenvalue weighted by Gasteiger charge is -2.09. The number of hydrogen-bond acceptors (Lipinski definition) is 3. The van der Waals surface area contributed by atoms with E-state index >= 15 is 0 Å². The Morgan fingerprint density at radius 1 is 1.28 bits per heavy atom. The average molecular weight is 418 g/mol. The fraction of sp³-hybridized carbons (Fsp3) is 0.231. The molecule has 1 heterocycles. The number of benzene rings is 1. The van der Waals surface area contributed by atoms with Gasteiger partial charge in [-0.3, -0.25) is 0 Å². The van der Waals surface area contributed by atoms with Crippen molar-refractivity contribution in [3.05, 3.63) is 49.4 Å². The molecule has 0 radical (unpaired) electrons. The second kappa shape index (κ2) is 5.97. The van der Waals surface area contributed by atoms with Crippen LogP contribution in [0, 0.1) is 10.5 Å². The first-order valence-electron chi connectivity index (χ1n) is 5.56. The van der Waals surface area contributed by atoms with Gasteiger partial charge in [0.25, 0.3) is 0 Å². The highest BCUT2D eigenvalue weighted by Gasteiger charge is 2.09. The third-order valence-electron chi connectivity index (χ3n) is 2.61. The third kappa shape index (κ3) is 3.00. The van der Waals surface area contributed by atoms with Crippen LogP contribution in [-0.4, -0.2) is 17.0 Å². The maximum absolute atomic E-state index is 4.54. The summed E-state index contributed by atoms with van der Waals surface area (Å²) in [5, 5.41) is 3.11. The molecule has 1 aromatic carbocycles. The number of halogens is 2. The molecule has 0 unspecified atom stereocenters. The molecule has 0 bridgehead atoms. The Morgan fingerprint density at radius 3 is 2.67 bits per heavy atom. The van der Waals surface area contributed by atoms with Crippen LogP contribution < -0.4 is 5.32 Å². The number of nitrogens with zero attached hydrogens (tertiary/aromatic N) is 2. The summed E-state index contributed by atoms with van der Waals surface area (Å²) in [5.74, 6) is 1.73. The molecule has 0 saturated heterocycles. The Labute approximate surface area is 129 Å². The van der Waals surface area contributed by atoms with E-state index in [-0.39, 0.29) is 0 Å². The van der Waals surface area contributed by atoms with Crippen LogP contribution >= 0.6 is 38.5 Å². The van der Waals surface area contributed by atoms with E-state index in [1.54, 1.807) is 0 Å². The highest BCUT2D eigenvalue weighted by Crippen LogP contribution is 2.22. The first-order chi connectivity index (χ1) is 8.61. The second-order valence-corrected chi connectivity index (χ2v) is 5.84. The first kappa shape index (κ1) is 13.7. The summed E-state index contributed by atoms with van der Waals surface area (Å²) in [7, 11) is 1.88. The Bertz CT molecular complexity index is 572. The van der Waals surface area contributed by atoms with Gasteiger partial charge in [-0.2, -0.15) is 0 Å². The van der Waals surface area contributed by atoms with Crippen LogP contribution in [0.1, 0.15) is 17.1 Å². The monoisotopic (exact) mass is 417 g/mol. The van der Waals surface area contributed by atoms with Crippen molar-refractivity contribution in [1.82, 2.24) is 9.97 Å². The molecule has 0 atom stereocenters. The molecule has 2 aromatic rings. The predicted molar refractivity (Wildman–Crippen MR) is 86.0 cm³/mol. The Morgan fingerprint density at radius 2 is 2.00 bits per heavy atom. The SMILES string of the molecule is CNc1nc(Cc2ccccc2Br)nc(C)c1I. The summed E-state index contributed by atoms with van der Waals surface area (Å²) in [6.45, 7) is 2.01. The molecular weight excluding hydrogens is 405 g/mol. The lowest BCUT2D eigenvalue weighted by molar-refractivity contribution is 0.933. The van der Waals surface area contributed by atoms with Crippen LogP contribution in [0.5, 0.6) is 0 Å². The highest BCUT2D eigenvalue weighted by molar-refractivity contribution is 14.1. The number of aryl methyl sites for hydroxylation is 1. The normalized spacial score (nSPS) is 10.4. The van der Waals surface area contributed by atoms with E-state index in [1.165, 1.54) is 5.56 Å². The van der Waals surface area contributed by atoms with Crippen molar-refractivity contribution in [2.24, 2.45) is 0 Å². The molecule has 0 amide bonds. The summed E-state index contributed by atoms with van der Waals surface area (Å²) < 4.78 is 2.17. The summed E-state index contributed by atoms with van der Waals surface area (Å²) in [6.07, 6.45) is 0.730. The van der Waals surface area contributed by atoms with Crippen molar-refractivity contribution in [3.8, 4) is 0 Å². The summed E-state index contributed by atoms with van der Waals surface area (Å²) in [5.41, 5.74) is 2.21. The molecular formula is C13H13BrIN3. The number of hydrogen-bond donors (Lipinski definition) is 1. The maximum Gasteiger partial charge on any atom is 0.143 e. The fourth-order valence-corrected chi connectivity index (χ4v) is 2.61. The number of nitrogens with one attached hydrogen (secondary N) is 1. The van der Waals surface area contributed by atoms with Crippen molar-refractivity contribution in [2.45, 2.75) is 13.3 Å². The summed E-state index contributed by atoms with van der Waals surface area (Å²) >= 11 is 5.81. The van der Waals surface area contributed by atoms with E-state index in [1.807, 2.05) is 32.2 Å². The molecule has 94 valence electrons. The van der Waals surface area contributed by atoms with Crippen molar-refractivity contribution in [2.75, 3.05) is 12.4 Å². The molecule has 1 aromatic heterocycles. The van der Waals surface area contributed by atoms with E-state index < -0.39 is 0 Å². The van der Waals surface area contributed by atoms with Gasteiger partial charge in [-0.05, 0) is 41.1 Å². The predicted octanol–water partition coefficient (Wildman–Crippen LogP) is 3.78. The quantitative estimate of drug-likeness (QED) is 0.772. The summed E-state index contributed by atoms with van der Waals surface area (Å²) in [4.78, 5) is 9.08. The lowest BCUT2D eigenvalue weighted by atomic mass is 10.1. The molecule has 5 heteroatoms. The van der Waals surface area contributed by atoms with Crippen LogP contribution in [0.25, 0.3) is 0 Å². The van der Waals surface area contributed by atoms with Crippen molar-refractivity contribution < 1.29 is 0 Å². The van der Waals surface area contributed by atoms with Crippen LogP contribution in [-0.2, 0) is 6.42 Å². The molecule has 1 N–H and O–H groups in total. The minimum atomic E-state index is 0.730. The smallest absolute Gasteiger partial charge is 0.143 e. The van der Waals surface area contributed by atoms with E-state index in [9.17, 15) is 0 Å². The van der Waals surface area contributed by atoms with Gasteiger partial charge in [-0.15, -0.1) is 0 Å². The van der Waals surface area contributed by atoms with Gasteiger partial charge in [0.2, 0.25) is 0 Å². The minimum absolute atomic E-state index is 0.730. The van der Waals surface area contributed by atoms with Gasteiger partial charge in [0, 0.05) is 17.9 Å². The molecule has 18 heavy (non-hydrogen) atoms. The largest absolute Gasteiger partial charge is 0.372 e. The zero-order valence-electron chi connectivity index (χ0n) is 10.2. The van der Waals surface area contributed by atoms with E-state index in [2.05, 4.69) is 59.9 Å². The molecule has 0 aliphatic carbocycles. The van der Waals surface area contributed by atoms with Crippen molar-refractivity contribution in [3.63, 3.8) is 0 Å². The molecule has 0 fully saturated rings. The van der Waals surface area contributed by atoms with Gasteiger partial charge >= 0.3 is 0 Å². The second-order valence-electron chi connectivity index (χ2n) is 3.91. The van der Waals surface area contributed by atoms with Gasteiger partial charge in [0.1, 0.15) is 11.6 Å². The fourth-order valence-electron chi connectivity index (χ4n) is 1.67. The Hall–Kier alpha value is -0.690. The van der Waals surface area contributed by atoms with E-state index in [4.69, 9.17) is 0 Å². The van der Waals surface area contributed by atoms with Crippen molar-refractivity contribution in [1.29, 1.82) is 0 Å². The lowest BCUT2D eigenvalue weighted by Crippen LogP contribution is -2.06. The topological polar surface area (TPSA) is 37.8 Å². The third-order valence-corrected chi connectivity index (χ3v) is 4.67. The molecule has 0 aliphatic rings. The molecule has 0 saturated carbocycles. The Kier molecular flexibility index (Phi) is 4.55. The standard InChI is InChI=1S/C13H13BrIN3/c1-8-12(15)13(16-2)18-11(17-8)7-9-5-3-4-6-10(9)14/h3-6H,7H2,1-2H3,(H,16,17,18). The number of anilines is 1. The Balaban J connectivity index is 2.36. The van der Waals surface area contributed by atoms with Gasteiger partial charge in [-0.1, -0.05) is 34.1 Å². The van der Waals surface area contributed by atoms with Crippen LogP contribution in [0.2, 0.25) is 0 Å². The molecule has 3 nitrogen and oxygen atoms in total. The molecule has 2 rings (SSSR count). The van der Waals surface area contributed by atoms with Crippen LogP contribution in [0.15, 0.2) is 28.7 Å². The minimum Gasteiger partial charge on any atom is -0.372 e. The molecule has 0 spiro atoms. The van der Waals surface area contributed by atoms with Crippen molar-refractivity contribution >= 4 is 44.3 Å². The number of rotatable bonds is 3. The van der Waals surface area contributed by atoms with Gasteiger partial charge in [0.15, 0.2) is 0 Å². The maximum atomic E-state index is 4.54. The first-order valence-corrected chi connectivity index (χ1v) is 7.43. The molecule has 0 aliphatic heterocycles. The zero-order chi connectivity index (χ0) is 13.1. The van der Waals surface area contributed by atoms with E-state index in [0.29, 0.717) is 0 Å². The van der Waals surface area contributed by atoms with Crippen LogP contribution in [0.4, 0.5) is 5.82 Å². The van der Waals surface area contributed by atoms with Gasteiger partial charge in [-0.25, -0.2) is 9.97 Å². The van der Waals surface area contributed by atoms with Crippen LogP contribution in [0.3, 0.4) is 0 Å². The number of aromatic nitrogens is 2. The summed E-state index contributed by atoms with van der Waals surface area (Å²) in [6, 6.07) is 8.15. The zero-order valence-corrected chi connectivity index (χ0v) is 13.9. The van der Waals surface area contributed by atoms with Gasteiger partial charge < -0.3 is 5.32 Å². The van der Waals surface area contributed by atoms with Gasteiger partial charge in [0.05, 0.1) is 9.26 Å². The highest BCUT2D eigenvalue weighted by atomic mass is 127. The average Bonchev–Trinajstić information content (AvgIpc) is 2.36.